The summed E-state index contributed by atoms with van der Waals surface area (Å²) in [5, 5.41) is 21.2. The molecule has 0 saturated carbocycles. The molecule has 1 aliphatic rings. The Morgan fingerprint density at radius 1 is 1.04 bits per heavy atom. The second-order valence-electron chi connectivity index (χ2n) is 6.30. The van der Waals surface area contributed by atoms with Crippen molar-refractivity contribution in [1.29, 1.82) is 0 Å². The summed E-state index contributed by atoms with van der Waals surface area (Å²) in [4.78, 5) is 1.96. The van der Waals surface area contributed by atoms with Crippen molar-refractivity contribution >= 4 is 15.8 Å². The van der Waals surface area contributed by atoms with Crippen LogP contribution < -0.4 is 4.90 Å². The van der Waals surface area contributed by atoms with E-state index in [1.54, 1.807) is 0 Å². The predicted octanol–water partition coefficient (Wildman–Crippen LogP) is 0.615. The van der Waals surface area contributed by atoms with E-state index < -0.39 is 15.8 Å². The Kier molecular flexibility index (Phi) is 4.73. The summed E-state index contributed by atoms with van der Waals surface area (Å²) in [7, 11) is -3.79. The van der Waals surface area contributed by atoms with Crippen LogP contribution in [-0.2, 0) is 10.0 Å². The molecule has 1 fully saturated rings. The number of aromatic amines is 1. The van der Waals surface area contributed by atoms with E-state index in [4.69, 9.17) is 0 Å². The fraction of sp³-hybridized carbons (Fsp3) is 0.312. The molecule has 4 rings (SSSR count). The van der Waals surface area contributed by atoms with Gasteiger partial charge in [-0.3, -0.25) is 0 Å². The number of aromatic nitrogens is 6. The van der Waals surface area contributed by atoms with Gasteiger partial charge >= 0.3 is 0 Å². The number of hydrogen-bond donors (Lipinski definition) is 1. The molecule has 10 nitrogen and oxygen atoms in total. The molecule has 146 valence electrons. The van der Waals surface area contributed by atoms with Gasteiger partial charge in [0.15, 0.2) is 5.82 Å². The molecule has 1 aromatic carbocycles. The highest BCUT2D eigenvalue weighted by molar-refractivity contribution is 7.89. The lowest BCUT2D eigenvalue weighted by atomic mass is 10.2. The summed E-state index contributed by atoms with van der Waals surface area (Å²) >= 11 is 0. The molecule has 28 heavy (non-hydrogen) atoms. The number of piperazine rings is 1. The quantitative estimate of drug-likeness (QED) is 0.672. The molecular weight excluding hydrogens is 387 g/mol. The van der Waals surface area contributed by atoms with Crippen molar-refractivity contribution in [1.82, 2.24) is 35.1 Å². The number of nitrogens with one attached hydrogen (secondary N) is 1. The van der Waals surface area contributed by atoms with Gasteiger partial charge in [0.2, 0.25) is 15.8 Å². The molecule has 1 aliphatic heterocycles. The third-order valence-electron chi connectivity index (χ3n) is 4.51. The lowest BCUT2D eigenvalue weighted by molar-refractivity contribution is 0.383. The number of rotatable bonds is 4. The van der Waals surface area contributed by atoms with Crippen molar-refractivity contribution in [2.24, 2.45) is 0 Å². The first-order valence-corrected chi connectivity index (χ1v) is 9.98. The Morgan fingerprint density at radius 3 is 2.46 bits per heavy atom. The third kappa shape index (κ3) is 3.43. The molecule has 0 unspecified atom stereocenters. The second kappa shape index (κ2) is 7.20. The molecule has 0 bridgehead atoms. The van der Waals surface area contributed by atoms with E-state index >= 15 is 0 Å². The molecule has 0 radical (unpaired) electrons. The van der Waals surface area contributed by atoms with Crippen LogP contribution in [0.15, 0.2) is 35.2 Å². The molecule has 1 N–H and O–H groups in total. The first-order chi connectivity index (χ1) is 13.4. The zero-order valence-electron chi connectivity index (χ0n) is 14.9. The Morgan fingerprint density at radius 2 is 1.82 bits per heavy atom. The summed E-state index contributed by atoms with van der Waals surface area (Å²) in [6.45, 7) is 3.39. The SMILES string of the molecule is Cc1ccc(N2CCN(S(=O)(=O)c3ccc(F)c(-c4nn[nH]n4)c3)CC2)nn1. The van der Waals surface area contributed by atoms with Crippen LogP contribution in [0.1, 0.15) is 5.69 Å². The lowest BCUT2D eigenvalue weighted by Gasteiger charge is -2.34. The van der Waals surface area contributed by atoms with Crippen LogP contribution >= 0.6 is 0 Å². The van der Waals surface area contributed by atoms with Crippen molar-refractivity contribution in [2.45, 2.75) is 11.8 Å². The zero-order valence-corrected chi connectivity index (χ0v) is 15.8. The number of hydrogen-bond acceptors (Lipinski definition) is 8. The van der Waals surface area contributed by atoms with E-state index in [2.05, 4.69) is 30.8 Å². The maximum Gasteiger partial charge on any atom is 0.243 e. The third-order valence-corrected chi connectivity index (χ3v) is 6.40. The zero-order chi connectivity index (χ0) is 19.7. The smallest absolute Gasteiger partial charge is 0.243 e. The van der Waals surface area contributed by atoms with Crippen LogP contribution in [0.4, 0.5) is 10.2 Å². The maximum absolute atomic E-state index is 14.1. The number of nitrogens with zero attached hydrogens (tertiary/aromatic N) is 7. The van der Waals surface area contributed by atoms with Gasteiger partial charge in [0.05, 0.1) is 16.2 Å². The summed E-state index contributed by atoms with van der Waals surface area (Å²) in [6.07, 6.45) is 0. The van der Waals surface area contributed by atoms with Gasteiger partial charge in [-0.2, -0.15) is 14.6 Å². The Hall–Kier alpha value is -2.99. The molecular formula is C16H17FN8O2S. The molecule has 12 heteroatoms. The fourth-order valence-electron chi connectivity index (χ4n) is 2.98. The molecule has 1 saturated heterocycles. The number of anilines is 1. The normalized spacial score (nSPS) is 15.7. The van der Waals surface area contributed by atoms with Crippen LogP contribution in [0.3, 0.4) is 0 Å². The first-order valence-electron chi connectivity index (χ1n) is 8.54. The highest BCUT2D eigenvalue weighted by Crippen LogP contribution is 2.25. The highest BCUT2D eigenvalue weighted by Gasteiger charge is 2.30. The lowest BCUT2D eigenvalue weighted by Crippen LogP contribution is -2.49. The van der Waals surface area contributed by atoms with Gasteiger partial charge in [-0.25, -0.2) is 12.8 Å². The number of benzene rings is 1. The average molecular weight is 404 g/mol. The number of aryl methyl sites for hydroxylation is 1. The van der Waals surface area contributed by atoms with E-state index in [0.29, 0.717) is 18.9 Å². The fourth-order valence-corrected chi connectivity index (χ4v) is 4.43. The molecule has 0 amide bonds. The average Bonchev–Trinajstić information content (AvgIpc) is 3.23. The van der Waals surface area contributed by atoms with E-state index in [0.717, 1.165) is 11.8 Å². The van der Waals surface area contributed by atoms with Crippen LogP contribution in [0.5, 0.6) is 0 Å². The van der Waals surface area contributed by atoms with Gasteiger partial charge in [-0.05, 0) is 42.5 Å². The Balaban J connectivity index is 1.53. The van der Waals surface area contributed by atoms with E-state index in [9.17, 15) is 12.8 Å². The van der Waals surface area contributed by atoms with Gasteiger partial charge < -0.3 is 4.90 Å². The van der Waals surface area contributed by atoms with Crippen LogP contribution in [0, 0.1) is 12.7 Å². The topological polar surface area (TPSA) is 121 Å². The number of halogens is 1. The van der Waals surface area contributed by atoms with Gasteiger partial charge in [0.25, 0.3) is 0 Å². The van der Waals surface area contributed by atoms with Crippen LogP contribution in [0.25, 0.3) is 11.4 Å². The van der Waals surface area contributed by atoms with Gasteiger partial charge in [0, 0.05) is 26.2 Å². The number of tetrazole rings is 1. The van der Waals surface area contributed by atoms with Gasteiger partial charge in [-0.15, -0.1) is 15.3 Å². The van der Waals surface area contributed by atoms with E-state index in [-0.39, 0.29) is 29.4 Å². The van der Waals surface area contributed by atoms with E-state index in [1.165, 1.54) is 16.4 Å². The summed E-state index contributed by atoms with van der Waals surface area (Å²) < 4.78 is 41.5. The number of sulfonamides is 1. The monoisotopic (exact) mass is 404 g/mol. The van der Waals surface area contributed by atoms with Crippen molar-refractivity contribution in [2.75, 3.05) is 31.1 Å². The highest BCUT2D eigenvalue weighted by atomic mass is 32.2. The minimum atomic E-state index is -3.79. The minimum Gasteiger partial charge on any atom is -0.352 e. The second-order valence-corrected chi connectivity index (χ2v) is 8.24. The Bertz CT molecular complexity index is 1060. The number of H-pyrrole nitrogens is 1. The van der Waals surface area contributed by atoms with Crippen molar-refractivity contribution in [3.63, 3.8) is 0 Å². The van der Waals surface area contributed by atoms with Gasteiger partial charge in [-0.1, -0.05) is 0 Å². The molecule has 3 heterocycles. The van der Waals surface area contributed by atoms with Crippen molar-refractivity contribution < 1.29 is 12.8 Å². The minimum absolute atomic E-state index is 0.00249. The summed E-state index contributed by atoms with van der Waals surface area (Å²) in [5.74, 6) is 0.0873. The Labute approximate surface area is 160 Å². The molecule has 0 spiro atoms. The molecule has 3 aromatic rings. The van der Waals surface area contributed by atoms with E-state index in [1.807, 2.05) is 24.0 Å². The largest absolute Gasteiger partial charge is 0.352 e. The molecule has 0 aliphatic carbocycles. The van der Waals surface area contributed by atoms with Crippen molar-refractivity contribution in [3.8, 4) is 11.4 Å². The molecule has 2 aromatic heterocycles. The summed E-state index contributed by atoms with van der Waals surface area (Å²) in [5.41, 5.74) is 0.794. The summed E-state index contributed by atoms with van der Waals surface area (Å²) in [6, 6.07) is 7.29. The van der Waals surface area contributed by atoms with Crippen molar-refractivity contribution in [3.05, 3.63) is 41.8 Å². The predicted molar refractivity (Wildman–Crippen MR) is 97.3 cm³/mol. The van der Waals surface area contributed by atoms with Gasteiger partial charge in [0.1, 0.15) is 5.82 Å². The first kappa shape index (κ1) is 18.4. The molecule has 0 atom stereocenters. The van der Waals surface area contributed by atoms with Crippen LogP contribution in [0.2, 0.25) is 0 Å². The maximum atomic E-state index is 14.1. The van der Waals surface area contributed by atoms with Crippen LogP contribution in [-0.4, -0.2) is 69.7 Å². The standard InChI is InChI=1S/C16H17FN8O2S/c1-11-2-5-15(19-18-11)24-6-8-25(9-7-24)28(26,27)12-3-4-14(17)13(10-12)16-20-22-23-21-16/h2-5,10H,6-9H2,1H3,(H,20,21,22,23).